The zero-order valence-electron chi connectivity index (χ0n) is 12.5. The van der Waals surface area contributed by atoms with Crippen molar-refractivity contribution in [1.82, 2.24) is 9.78 Å². The number of nitrogens with zero attached hydrogens (tertiary/aromatic N) is 1. The summed E-state index contributed by atoms with van der Waals surface area (Å²) in [6, 6.07) is 19.5. The normalized spacial score (nSPS) is 12.3. The molecule has 0 aliphatic rings. The summed E-state index contributed by atoms with van der Waals surface area (Å²) in [6.07, 6.45) is 0. The van der Waals surface area contributed by atoms with Crippen molar-refractivity contribution in [2.45, 2.75) is 12.8 Å². The number of H-pyrrole nitrogens is 1. The monoisotopic (exact) mass is 293 g/mol. The Hall–Kier alpha value is -2.59. The molecule has 0 aliphatic heterocycles. The third-order valence-corrected chi connectivity index (χ3v) is 3.92. The number of nitrogens with one attached hydrogen (secondary N) is 1. The summed E-state index contributed by atoms with van der Waals surface area (Å²) in [4.78, 5) is 12.8. The van der Waals surface area contributed by atoms with Gasteiger partial charge in [-0.3, -0.25) is 9.89 Å². The number of rotatable bonds is 4. The van der Waals surface area contributed by atoms with E-state index in [1.54, 1.807) is 4.68 Å². The molecule has 4 nitrogen and oxygen atoms in total. The molecule has 1 heterocycles. The lowest BCUT2D eigenvalue weighted by Gasteiger charge is -2.13. The third-order valence-electron chi connectivity index (χ3n) is 3.92. The predicted molar refractivity (Wildman–Crippen MR) is 88.5 cm³/mol. The summed E-state index contributed by atoms with van der Waals surface area (Å²) in [5, 5.41) is 3.16. The Morgan fingerprint density at radius 3 is 2.23 bits per heavy atom. The van der Waals surface area contributed by atoms with E-state index in [1.165, 1.54) is 0 Å². The van der Waals surface area contributed by atoms with Crippen LogP contribution in [0.1, 0.15) is 22.7 Å². The van der Waals surface area contributed by atoms with Gasteiger partial charge in [-0.1, -0.05) is 48.5 Å². The highest BCUT2D eigenvalue weighted by Gasteiger charge is 2.22. The second kappa shape index (κ2) is 6.03. The van der Waals surface area contributed by atoms with Crippen LogP contribution in [0, 0.1) is 6.92 Å². The van der Waals surface area contributed by atoms with Crippen molar-refractivity contribution in [2.24, 2.45) is 5.73 Å². The molecule has 4 heteroatoms. The maximum Gasteiger partial charge on any atom is 0.275 e. The SMILES string of the molecule is Cc1[nH]n(-c2ccccc2)c(=O)c1[C@H](CN)c1ccccc1. The van der Waals surface area contributed by atoms with Gasteiger partial charge in [-0.25, -0.2) is 4.68 Å². The van der Waals surface area contributed by atoms with Gasteiger partial charge < -0.3 is 5.73 Å². The standard InChI is InChI=1S/C18H19N3O/c1-13-17(16(12-19)14-8-4-2-5-9-14)18(22)21(20-13)15-10-6-3-7-11-15/h2-11,16,20H,12,19H2,1H3/t16-/m1/s1. The minimum absolute atomic E-state index is 0.0389. The highest BCUT2D eigenvalue weighted by molar-refractivity contribution is 5.38. The fourth-order valence-electron chi connectivity index (χ4n) is 2.83. The van der Waals surface area contributed by atoms with Crippen molar-refractivity contribution in [3.05, 3.63) is 87.8 Å². The van der Waals surface area contributed by atoms with Crippen LogP contribution in [0.4, 0.5) is 0 Å². The number of hydrogen-bond acceptors (Lipinski definition) is 2. The number of aromatic amines is 1. The second-order valence-electron chi connectivity index (χ2n) is 5.33. The van der Waals surface area contributed by atoms with Gasteiger partial charge >= 0.3 is 0 Å². The molecule has 0 radical (unpaired) electrons. The van der Waals surface area contributed by atoms with Crippen LogP contribution in [0.25, 0.3) is 5.69 Å². The lowest BCUT2D eigenvalue weighted by molar-refractivity contribution is 0.800. The van der Waals surface area contributed by atoms with Crippen molar-refractivity contribution in [3.63, 3.8) is 0 Å². The van der Waals surface area contributed by atoms with Crippen LogP contribution in [0.5, 0.6) is 0 Å². The molecule has 0 unspecified atom stereocenters. The van der Waals surface area contributed by atoms with Gasteiger partial charge in [0.05, 0.1) is 5.69 Å². The molecule has 0 saturated carbocycles. The van der Waals surface area contributed by atoms with Crippen LogP contribution < -0.4 is 11.3 Å². The van der Waals surface area contributed by atoms with Crippen molar-refractivity contribution in [1.29, 1.82) is 0 Å². The summed E-state index contributed by atoms with van der Waals surface area (Å²) in [5.74, 6) is -0.102. The zero-order valence-corrected chi connectivity index (χ0v) is 12.5. The lowest BCUT2D eigenvalue weighted by atomic mass is 9.92. The van der Waals surface area contributed by atoms with Gasteiger partial charge in [0, 0.05) is 23.7 Å². The maximum atomic E-state index is 12.8. The lowest BCUT2D eigenvalue weighted by Crippen LogP contribution is -2.24. The Labute approximate surface area is 129 Å². The number of hydrogen-bond donors (Lipinski definition) is 2. The van der Waals surface area contributed by atoms with Gasteiger partial charge in [0.25, 0.3) is 5.56 Å². The molecule has 0 aliphatic carbocycles. The summed E-state index contributed by atoms with van der Waals surface area (Å²) in [5.41, 5.74) is 9.39. The molecule has 0 amide bonds. The fraction of sp³-hybridized carbons (Fsp3) is 0.167. The molecule has 3 N–H and O–H groups in total. The predicted octanol–water partition coefficient (Wildman–Crippen LogP) is 2.56. The van der Waals surface area contributed by atoms with E-state index in [4.69, 9.17) is 5.73 Å². The van der Waals surface area contributed by atoms with E-state index in [0.29, 0.717) is 6.54 Å². The largest absolute Gasteiger partial charge is 0.330 e. The molecule has 1 aromatic heterocycles. The van der Waals surface area contributed by atoms with Crippen LogP contribution in [-0.2, 0) is 0 Å². The van der Waals surface area contributed by atoms with Gasteiger partial charge in [0.2, 0.25) is 0 Å². The number of aryl methyl sites for hydroxylation is 1. The van der Waals surface area contributed by atoms with Gasteiger partial charge in [-0.05, 0) is 24.6 Å². The van der Waals surface area contributed by atoms with Crippen molar-refractivity contribution < 1.29 is 0 Å². The summed E-state index contributed by atoms with van der Waals surface area (Å²) in [6.45, 7) is 2.31. The van der Waals surface area contributed by atoms with Gasteiger partial charge in [-0.2, -0.15) is 0 Å². The second-order valence-corrected chi connectivity index (χ2v) is 5.33. The first-order valence-electron chi connectivity index (χ1n) is 7.34. The van der Waals surface area contributed by atoms with E-state index in [2.05, 4.69) is 5.10 Å². The first-order chi connectivity index (χ1) is 10.7. The minimum atomic E-state index is -0.102. The molecule has 3 aromatic rings. The topological polar surface area (TPSA) is 63.8 Å². The molecule has 1 atom stereocenters. The molecule has 112 valence electrons. The Kier molecular flexibility index (Phi) is 3.94. The zero-order chi connectivity index (χ0) is 15.5. The van der Waals surface area contributed by atoms with E-state index < -0.39 is 0 Å². The molecular weight excluding hydrogens is 274 g/mol. The minimum Gasteiger partial charge on any atom is -0.330 e. The first-order valence-corrected chi connectivity index (χ1v) is 7.34. The summed E-state index contributed by atoms with van der Waals surface area (Å²) in [7, 11) is 0. The van der Waals surface area contributed by atoms with Gasteiger partial charge in [-0.15, -0.1) is 0 Å². The number of benzene rings is 2. The molecule has 0 spiro atoms. The fourth-order valence-corrected chi connectivity index (χ4v) is 2.83. The number of nitrogens with two attached hydrogens (primary N) is 1. The summed E-state index contributed by atoms with van der Waals surface area (Å²) < 4.78 is 1.58. The molecule has 22 heavy (non-hydrogen) atoms. The van der Waals surface area contributed by atoms with E-state index in [0.717, 1.165) is 22.5 Å². The van der Waals surface area contributed by atoms with Crippen LogP contribution >= 0.6 is 0 Å². The van der Waals surface area contributed by atoms with Gasteiger partial charge in [0.1, 0.15) is 0 Å². The maximum absolute atomic E-state index is 12.8. The van der Waals surface area contributed by atoms with Gasteiger partial charge in [0.15, 0.2) is 0 Å². The molecular formula is C18H19N3O. The highest BCUT2D eigenvalue weighted by Crippen LogP contribution is 2.23. The summed E-state index contributed by atoms with van der Waals surface area (Å²) >= 11 is 0. The molecule has 0 saturated heterocycles. The molecule has 0 bridgehead atoms. The molecule has 0 fully saturated rings. The first kappa shape index (κ1) is 14.4. The number of para-hydroxylation sites is 1. The Balaban J connectivity index is 2.12. The smallest absolute Gasteiger partial charge is 0.275 e. The average Bonchev–Trinajstić information content (AvgIpc) is 2.86. The Morgan fingerprint density at radius 2 is 1.64 bits per heavy atom. The van der Waals surface area contributed by atoms with E-state index >= 15 is 0 Å². The van der Waals surface area contributed by atoms with Crippen molar-refractivity contribution >= 4 is 0 Å². The highest BCUT2D eigenvalue weighted by atomic mass is 16.1. The van der Waals surface area contributed by atoms with Crippen LogP contribution in [0.15, 0.2) is 65.5 Å². The van der Waals surface area contributed by atoms with Crippen LogP contribution in [0.2, 0.25) is 0 Å². The van der Waals surface area contributed by atoms with Crippen molar-refractivity contribution in [3.8, 4) is 5.69 Å². The Morgan fingerprint density at radius 1 is 1.05 bits per heavy atom. The molecule has 3 rings (SSSR count). The van der Waals surface area contributed by atoms with E-state index in [-0.39, 0.29) is 11.5 Å². The molecule has 2 aromatic carbocycles. The average molecular weight is 293 g/mol. The van der Waals surface area contributed by atoms with Crippen molar-refractivity contribution in [2.75, 3.05) is 6.54 Å². The van der Waals surface area contributed by atoms with E-state index in [9.17, 15) is 4.79 Å². The van der Waals surface area contributed by atoms with Crippen LogP contribution in [-0.4, -0.2) is 16.3 Å². The van der Waals surface area contributed by atoms with E-state index in [1.807, 2.05) is 67.6 Å². The third kappa shape index (κ3) is 2.49. The number of aromatic nitrogens is 2. The quantitative estimate of drug-likeness (QED) is 0.776. The van der Waals surface area contributed by atoms with Crippen LogP contribution in [0.3, 0.4) is 0 Å². The Bertz CT molecular complexity index is 803.